The van der Waals surface area contributed by atoms with Gasteiger partial charge in [0.2, 0.25) is 5.91 Å². The Hall–Kier alpha value is -2.10. The van der Waals surface area contributed by atoms with Crippen LogP contribution in [-0.2, 0) is 24.7 Å². The van der Waals surface area contributed by atoms with E-state index in [2.05, 4.69) is 34.3 Å². The number of rotatable bonds is 4. The quantitative estimate of drug-likeness (QED) is 0.866. The lowest BCUT2D eigenvalue weighted by Crippen LogP contribution is -2.45. The molecule has 0 unspecified atom stereocenters. The lowest BCUT2D eigenvalue weighted by atomic mass is 9.94. The lowest BCUT2D eigenvalue weighted by Gasteiger charge is -2.36. The van der Waals surface area contributed by atoms with Gasteiger partial charge in [-0.3, -0.25) is 9.48 Å². The molecule has 0 radical (unpaired) electrons. The molecule has 2 aromatic rings. The Bertz CT molecular complexity index is 705. The lowest BCUT2D eigenvalue weighted by molar-refractivity contribution is -0.134. The highest BCUT2D eigenvalue weighted by Gasteiger charge is 2.27. The third-order valence-electron chi connectivity index (χ3n) is 5.25. The topological polar surface area (TPSA) is 38.1 Å². The molecule has 128 valence electrons. The summed E-state index contributed by atoms with van der Waals surface area (Å²) in [6.07, 6.45) is 4.86. The minimum absolute atomic E-state index is 0.245. The number of carbonyl (C=O) groups excluding carboxylic acids is 1. The van der Waals surface area contributed by atoms with E-state index in [0.29, 0.717) is 12.5 Å². The molecule has 1 saturated heterocycles. The summed E-state index contributed by atoms with van der Waals surface area (Å²) in [5, 5.41) is 4.44. The minimum Gasteiger partial charge on any atom is -0.339 e. The van der Waals surface area contributed by atoms with Crippen molar-refractivity contribution in [3.8, 4) is 0 Å². The van der Waals surface area contributed by atoms with Crippen LogP contribution >= 0.6 is 0 Å². The van der Waals surface area contributed by atoms with E-state index in [1.807, 2.05) is 31.6 Å². The van der Waals surface area contributed by atoms with E-state index >= 15 is 0 Å². The number of aromatic nitrogens is 2. The molecule has 2 heterocycles. The molecule has 0 N–H and O–H groups in total. The van der Waals surface area contributed by atoms with Gasteiger partial charge in [0, 0.05) is 30.9 Å². The van der Waals surface area contributed by atoms with Crippen molar-refractivity contribution in [3.05, 3.63) is 52.8 Å². The van der Waals surface area contributed by atoms with Crippen LogP contribution in [0.2, 0.25) is 0 Å². The van der Waals surface area contributed by atoms with Crippen LogP contribution in [0.1, 0.15) is 41.8 Å². The first-order chi connectivity index (χ1) is 11.6. The number of hydrogen-bond donors (Lipinski definition) is 0. The Kier molecular flexibility index (Phi) is 5.03. The summed E-state index contributed by atoms with van der Waals surface area (Å²) in [6, 6.07) is 10.8. The van der Waals surface area contributed by atoms with Crippen LogP contribution < -0.4 is 0 Å². The predicted octanol–water partition coefficient (Wildman–Crippen LogP) is 3.20. The largest absolute Gasteiger partial charge is 0.339 e. The molecule has 4 heteroatoms. The van der Waals surface area contributed by atoms with E-state index in [1.165, 1.54) is 12.0 Å². The van der Waals surface area contributed by atoms with E-state index in [-0.39, 0.29) is 5.91 Å². The highest BCUT2D eigenvalue weighted by atomic mass is 16.2. The van der Waals surface area contributed by atoms with Crippen molar-refractivity contribution >= 4 is 5.91 Å². The van der Waals surface area contributed by atoms with Crippen LogP contribution in [0.25, 0.3) is 0 Å². The van der Waals surface area contributed by atoms with Gasteiger partial charge in [-0.15, -0.1) is 0 Å². The molecule has 1 aromatic heterocycles. The summed E-state index contributed by atoms with van der Waals surface area (Å²) in [4.78, 5) is 15.1. The fraction of sp³-hybridized carbons (Fsp3) is 0.500. The van der Waals surface area contributed by atoms with Gasteiger partial charge in [0.05, 0.1) is 12.1 Å². The summed E-state index contributed by atoms with van der Waals surface area (Å²) >= 11 is 0. The second-order valence-electron chi connectivity index (χ2n) is 6.88. The molecule has 1 fully saturated rings. The van der Waals surface area contributed by atoms with E-state index in [9.17, 15) is 4.79 Å². The smallest absolute Gasteiger partial charge is 0.227 e. The number of benzene rings is 1. The molecule has 1 aliphatic rings. The van der Waals surface area contributed by atoms with Crippen LogP contribution in [0.15, 0.2) is 30.3 Å². The van der Waals surface area contributed by atoms with Crippen molar-refractivity contribution in [2.45, 2.75) is 52.0 Å². The Morgan fingerprint density at radius 3 is 2.62 bits per heavy atom. The molecular formula is C20H27N3O. The molecule has 3 rings (SSSR count). The zero-order valence-corrected chi connectivity index (χ0v) is 15.0. The van der Waals surface area contributed by atoms with Gasteiger partial charge in [-0.1, -0.05) is 30.3 Å². The average molecular weight is 325 g/mol. The molecule has 0 spiro atoms. The van der Waals surface area contributed by atoms with E-state index in [1.54, 1.807) is 0 Å². The first-order valence-corrected chi connectivity index (χ1v) is 8.88. The van der Waals surface area contributed by atoms with Gasteiger partial charge in [-0.2, -0.15) is 5.10 Å². The molecule has 1 atom stereocenters. The van der Waals surface area contributed by atoms with Crippen LogP contribution in [0.3, 0.4) is 0 Å². The van der Waals surface area contributed by atoms with Gasteiger partial charge in [-0.05, 0) is 45.1 Å². The molecule has 1 amide bonds. The maximum Gasteiger partial charge on any atom is 0.227 e. The van der Waals surface area contributed by atoms with E-state index in [4.69, 9.17) is 0 Å². The molecule has 0 bridgehead atoms. The summed E-state index contributed by atoms with van der Waals surface area (Å²) in [5.74, 6) is 0.245. The fourth-order valence-corrected chi connectivity index (χ4v) is 3.75. The van der Waals surface area contributed by atoms with Gasteiger partial charge < -0.3 is 4.90 Å². The first kappa shape index (κ1) is 16.7. The molecule has 4 nitrogen and oxygen atoms in total. The predicted molar refractivity (Wildman–Crippen MR) is 95.9 cm³/mol. The van der Waals surface area contributed by atoms with Gasteiger partial charge in [0.15, 0.2) is 0 Å². The van der Waals surface area contributed by atoms with Crippen LogP contribution in [0.5, 0.6) is 0 Å². The first-order valence-electron chi connectivity index (χ1n) is 8.88. The molecular weight excluding hydrogens is 298 g/mol. The van der Waals surface area contributed by atoms with Crippen molar-refractivity contribution in [1.82, 2.24) is 14.7 Å². The summed E-state index contributed by atoms with van der Waals surface area (Å²) < 4.78 is 1.87. The normalized spacial score (nSPS) is 18.0. The van der Waals surface area contributed by atoms with Crippen LogP contribution in [-0.4, -0.2) is 33.2 Å². The second kappa shape index (κ2) is 7.20. The number of aryl methyl sites for hydroxylation is 2. The minimum atomic E-state index is 0.245. The monoisotopic (exact) mass is 325 g/mol. The maximum absolute atomic E-state index is 13.0. The third-order valence-corrected chi connectivity index (χ3v) is 5.25. The maximum atomic E-state index is 13.0. The van der Waals surface area contributed by atoms with Crippen molar-refractivity contribution in [3.63, 3.8) is 0 Å². The Labute approximate surface area is 144 Å². The van der Waals surface area contributed by atoms with E-state index < -0.39 is 0 Å². The number of amides is 1. The molecule has 1 aromatic carbocycles. The molecule has 1 aliphatic heterocycles. The Morgan fingerprint density at radius 2 is 1.96 bits per heavy atom. The Balaban J connectivity index is 1.73. The third kappa shape index (κ3) is 3.53. The van der Waals surface area contributed by atoms with Crippen LogP contribution in [0, 0.1) is 13.8 Å². The van der Waals surface area contributed by atoms with Crippen molar-refractivity contribution in [2.75, 3.05) is 6.54 Å². The van der Waals surface area contributed by atoms with Gasteiger partial charge >= 0.3 is 0 Å². The van der Waals surface area contributed by atoms with Gasteiger partial charge in [-0.25, -0.2) is 0 Å². The molecule has 0 saturated carbocycles. The Morgan fingerprint density at radius 1 is 1.21 bits per heavy atom. The van der Waals surface area contributed by atoms with Crippen LogP contribution in [0.4, 0.5) is 0 Å². The van der Waals surface area contributed by atoms with Crippen molar-refractivity contribution in [1.29, 1.82) is 0 Å². The van der Waals surface area contributed by atoms with Gasteiger partial charge in [0.25, 0.3) is 0 Å². The number of nitrogens with zero attached hydrogens (tertiary/aromatic N) is 3. The zero-order valence-electron chi connectivity index (χ0n) is 15.0. The highest BCUT2D eigenvalue weighted by molar-refractivity contribution is 5.79. The second-order valence-corrected chi connectivity index (χ2v) is 6.88. The van der Waals surface area contributed by atoms with E-state index in [0.717, 1.165) is 42.8 Å². The fourth-order valence-electron chi connectivity index (χ4n) is 3.75. The SMILES string of the molecule is Cc1nn(C)c(C)c1CC(=O)N1CCCC[C@H]1Cc1ccccc1. The van der Waals surface area contributed by atoms with Crippen molar-refractivity contribution < 1.29 is 4.79 Å². The number of carbonyl (C=O) groups is 1. The van der Waals surface area contributed by atoms with Crippen molar-refractivity contribution in [2.24, 2.45) is 7.05 Å². The average Bonchev–Trinajstić information content (AvgIpc) is 2.82. The number of hydrogen-bond acceptors (Lipinski definition) is 2. The molecule has 0 aliphatic carbocycles. The number of piperidine rings is 1. The summed E-state index contributed by atoms with van der Waals surface area (Å²) in [5.41, 5.74) is 4.47. The molecule has 24 heavy (non-hydrogen) atoms. The summed E-state index contributed by atoms with van der Waals surface area (Å²) in [6.45, 7) is 4.92. The standard InChI is InChI=1S/C20H27N3O/c1-15-19(16(2)22(3)21-15)14-20(24)23-12-8-7-11-18(23)13-17-9-5-4-6-10-17/h4-6,9-10,18H,7-8,11-14H2,1-3H3/t18-/m0/s1. The zero-order chi connectivity index (χ0) is 17.1. The summed E-state index contributed by atoms with van der Waals surface area (Å²) in [7, 11) is 1.94. The highest BCUT2D eigenvalue weighted by Crippen LogP contribution is 2.23. The number of likely N-dealkylation sites (tertiary alicyclic amines) is 1. The van der Waals surface area contributed by atoms with Gasteiger partial charge in [0.1, 0.15) is 0 Å².